The summed E-state index contributed by atoms with van der Waals surface area (Å²) in [6, 6.07) is 19.1. The summed E-state index contributed by atoms with van der Waals surface area (Å²) in [4.78, 5) is 12.9. The van der Waals surface area contributed by atoms with Crippen LogP contribution in [-0.2, 0) is 6.61 Å². The Morgan fingerprint density at radius 1 is 1.00 bits per heavy atom. The second-order valence-electron chi connectivity index (χ2n) is 7.06. The highest BCUT2D eigenvalue weighted by Crippen LogP contribution is 2.37. The van der Waals surface area contributed by atoms with E-state index in [1.54, 1.807) is 25.3 Å². The van der Waals surface area contributed by atoms with Crippen LogP contribution in [0.1, 0.15) is 32.6 Å². The Labute approximate surface area is 176 Å². The highest BCUT2D eigenvalue weighted by molar-refractivity contribution is 6.15. The first-order valence-electron chi connectivity index (χ1n) is 9.64. The van der Waals surface area contributed by atoms with Crippen molar-refractivity contribution in [2.75, 3.05) is 7.11 Å². The molecular formula is C26H22O4. The van der Waals surface area contributed by atoms with Crippen molar-refractivity contribution < 1.29 is 19.0 Å². The first-order valence-corrected chi connectivity index (χ1v) is 9.64. The maximum Gasteiger partial charge on any atom is 0.232 e. The van der Waals surface area contributed by atoms with Gasteiger partial charge in [0.15, 0.2) is 5.76 Å². The maximum atomic E-state index is 12.9. The molecule has 1 aliphatic heterocycles. The number of carbonyl (C=O) groups excluding carboxylic acids is 1. The van der Waals surface area contributed by atoms with E-state index in [4.69, 9.17) is 14.2 Å². The van der Waals surface area contributed by atoms with Crippen molar-refractivity contribution in [3.8, 4) is 17.2 Å². The minimum Gasteiger partial charge on any atom is -0.497 e. The van der Waals surface area contributed by atoms with Crippen LogP contribution in [0.3, 0.4) is 0 Å². The summed E-state index contributed by atoms with van der Waals surface area (Å²) in [6.45, 7) is 6.08. The number of hydrogen-bond acceptors (Lipinski definition) is 4. The second kappa shape index (κ2) is 8.29. The Morgan fingerprint density at radius 3 is 2.53 bits per heavy atom. The zero-order valence-electron chi connectivity index (χ0n) is 17.0. The summed E-state index contributed by atoms with van der Waals surface area (Å²) in [5.41, 5.74) is 4.35. The molecule has 0 bridgehead atoms. The topological polar surface area (TPSA) is 44.8 Å². The van der Waals surface area contributed by atoms with Gasteiger partial charge in [0.2, 0.25) is 5.78 Å². The van der Waals surface area contributed by atoms with Crippen LogP contribution in [0.25, 0.3) is 12.2 Å². The fourth-order valence-electron chi connectivity index (χ4n) is 3.36. The normalized spacial score (nSPS) is 13.7. The standard InChI is InChI=1S/C26H22O4/c1-4-18-8-10-19(11-9-18)16-29-22-12-17(2)25-23(15-22)30-24(26(25)27)14-20-6-5-7-21(13-20)28-3/h4-15H,1,16H2,2-3H3/b24-14-. The van der Waals surface area contributed by atoms with Crippen LogP contribution in [0.2, 0.25) is 0 Å². The van der Waals surface area contributed by atoms with Gasteiger partial charge in [0.1, 0.15) is 23.9 Å². The number of ketones is 1. The average molecular weight is 398 g/mol. The predicted molar refractivity (Wildman–Crippen MR) is 118 cm³/mol. The van der Waals surface area contributed by atoms with Gasteiger partial charge in [-0.05, 0) is 53.5 Å². The van der Waals surface area contributed by atoms with Gasteiger partial charge in [-0.1, -0.05) is 49.1 Å². The van der Waals surface area contributed by atoms with Crippen LogP contribution >= 0.6 is 0 Å². The lowest BCUT2D eigenvalue weighted by molar-refractivity contribution is 0.101. The Hall–Kier alpha value is -3.79. The molecule has 0 unspecified atom stereocenters. The molecule has 0 spiro atoms. The van der Waals surface area contributed by atoms with Gasteiger partial charge >= 0.3 is 0 Å². The Kier molecular flexibility index (Phi) is 5.40. The van der Waals surface area contributed by atoms with Crippen molar-refractivity contribution >= 4 is 17.9 Å². The third-order valence-electron chi connectivity index (χ3n) is 4.96. The largest absolute Gasteiger partial charge is 0.497 e. The Morgan fingerprint density at radius 2 is 1.80 bits per heavy atom. The van der Waals surface area contributed by atoms with Crippen LogP contribution < -0.4 is 14.2 Å². The number of hydrogen-bond donors (Lipinski definition) is 0. The van der Waals surface area contributed by atoms with Gasteiger partial charge in [-0.15, -0.1) is 0 Å². The molecule has 3 aromatic rings. The highest BCUT2D eigenvalue weighted by Gasteiger charge is 2.30. The van der Waals surface area contributed by atoms with Gasteiger partial charge in [0.05, 0.1) is 12.7 Å². The van der Waals surface area contributed by atoms with E-state index in [0.29, 0.717) is 29.4 Å². The third kappa shape index (κ3) is 3.98. The number of Topliss-reactive ketones (excluding diaryl/α,β-unsaturated/α-hetero) is 1. The lowest BCUT2D eigenvalue weighted by Gasteiger charge is -2.09. The van der Waals surface area contributed by atoms with Crippen molar-refractivity contribution in [2.24, 2.45) is 0 Å². The molecule has 0 saturated heterocycles. The van der Waals surface area contributed by atoms with Crippen LogP contribution in [0.5, 0.6) is 17.2 Å². The lowest BCUT2D eigenvalue weighted by Crippen LogP contribution is -2.00. The predicted octanol–water partition coefficient (Wildman–Crippen LogP) is 5.84. The third-order valence-corrected chi connectivity index (χ3v) is 4.96. The van der Waals surface area contributed by atoms with Crippen LogP contribution in [0, 0.1) is 6.92 Å². The average Bonchev–Trinajstić information content (AvgIpc) is 3.08. The molecule has 4 nitrogen and oxygen atoms in total. The van der Waals surface area contributed by atoms with Gasteiger partial charge in [-0.3, -0.25) is 4.79 Å². The zero-order chi connectivity index (χ0) is 21.1. The number of methoxy groups -OCH3 is 1. The Bertz CT molecular complexity index is 1140. The van der Waals surface area contributed by atoms with E-state index >= 15 is 0 Å². The molecule has 0 aliphatic carbocycles. The summed E-state index contributed by atoms with van der Waals surface area (Å²) < 4.78 is 17.1. The van der Waals surface area contributed by atoms with E-state index in [9.17, 15) is 4.79 Å². The molecule has 0 atom stereocenters. The molecule has 0 aromatic heterocycles. The quantitative estimate of drug-likeness (QED) is 0.489. The molecule has 150 valence electrons. The van der Waals surface area contributed by atoms with E-state index < -0.39 is 0 Å². The van der Waals surface area contributed by atoms with E-state index in [-0.39, 0.29) is 5.78 Å². The van der Waals surface area contributed by atoms with Gasteiger partial charge in [-0.2, -0.15) is 0 Å². The van der Waals surface area contributed by atoms with Crippen LogP contribution in [0.4, 0.5) is 0 Å². The first kappa shape index (κ1) is 19.5. The van der Waals surface area contributed by atoms with Gasteiger partial charge in [0.25, 0.3) is 0 Å². The molecule has 0 amide bonds. The molecule has 0 fully saturated rings. The van der Waals surface area contributed by atoms with Gasteiger partial charge in [-0.25, -0.2) is 0 Å². The summed E-state index contributed by atoms with van der Waals surface area (Å²) in [5.74, 6) is 2.07. The molecule has 3 aromatic carbocycles. The molecular weight excluding hydrogens is 376 g/mol. The number of allylic oxidation sites excluding steroid dienone is 1. The van der Waals surface area contributed by atoms with Gasteiger partial charge < -0.3 is 14.2 Å². The summed E-state index contributed by atoms with van der Waals surface area (Å²) in [7, 11) is 1.61. The van der Waals surface area contributed by atoms with E-state index in [0.717, 1.165) is 28.0 Å². The molecule has 0 saturated carbocycles. The molecule has 30 heavy (non-hydrogen) atoms. The summed E-state index contributed by atoms with van der Waals surface area (Å²) in [5, 5.41) is 0. The highest BCUT2D eigenvalue weighted by atomic mass is 16.5. The number of benzene rings is 3. The number of carbonyl (C=O) groups is 1. The number of fused-ring (bicyclic) bond motifs is 1. The molecule has 1 heterocycles. The van der Waals surface area contributed by atoms with E-state index in [2.05, 4.69) is 6.58 Å². The minimum absolute atomic E-state index is 0.128. The fraction of sp³-hybridized carbons (Fsp3) is 0.115. The van der Waals surface area contributed by atoms with Crippen LogP contribution in [0.15, 0.2) is 73.0 Å². The monoisotopic (exact) mass is 398 g/mol. The SMILES string of the molecule is C=Cc1ccc(COc2cc(C)c3c(c2)O/C(=C\c2cccc(OC)c2)C3=O)cc1. The number of aryl methyl sites for hydroxylation is 1. The van der Waals surface area contributed by atoms with Crippen molar-refractivity contribution in [1.29, 1.82) is 0 Å². The summed E-state index contributed by atoms with van der Waals surface area (Å²) >= 11 is 0. The first-order chi connectivity index (χ1) is 14.6. The van der Waals surface area contributed by atoms with Crippen molar-refractivity contribution in [2.45, 2.75) is 13.5 Å². The number of ether oxygens (including phenoxy) is 3. The van der Waals surface area contributed by atoms with Crippen LogP contribution in [-0.4, -0.2) is 12.9 Å². The molecule has 4 rings (SSSR count). The Balaban J connectivity index is 1.54. The summed E-state index contributed by atoms with van der Waals surface area (Å²) in [6.07, 6.45) is 3.53. The zero-order valence-corrected chi connectivity index (χ0v) is 17.0. The van der Waals surface area contributed by atoms with E-state index in [1.807, 2.05) is 61.5 Å². The van der Waals surface area contributed by atoms with Gasteiger partial charge in [0, 0.05) is 6.07 Å². The molecule has 1 aliphatic rings. The molecule has 0 N–H and O–H groups in total. The molecule has 0 radical (unpaired) electrons. The maximum absolute atomic E-state index is 12.9. The van der Waals surface area contributed by atoms with Crippen molar-refractivity contribution in [3.63, 3.8) is 0 Å². The minimum atomic E-state index is -0.128. The van der Waals surface area contributed by atoms with Crippen molar-refractivity contribution in [3.05, 3.63) is 101 Å². The smallest absolute Gasteiger partial charge is 0.232 e. The van der Waals surface area contributed by atoms with E-state index in [1.165, 1.54) is 0 Å². The lowest BCUT2D eigenvalue weighted by atomic mass is 10.0. The second-order valence-corrected chi connectivity index (χ2v) is 7.06. The molecule has 4 heteroatoms. The number of rotatable bonds is 6. The fourth-order valence-corrected chi connectivity index (χ4v) is 3.36. The van der Waals surface area contributed by atoms with Crippen molar-refractivity contribution in [1.82, 2.24) is 0 Å².